The lowest BCUT2D eigenvalue weighted by Crippen LogP contribution is -2.44. The smallest absolute Gasteiger partial charge is 0.410 e. The van der Waals surface area contributed by atoms with Gasteiger partial charge in [0, 0.05) is 36.6 Å². The largest absolute Gasteiger partial charge is 0.464 e. The van der Waals surface area contributed by atoms with Crippen molar-refractivity contribution < 1.29 is 13.9 Å². The van der Waals surface area contributed by atoms with Crippen molar-refractivity contribution in [3.8, 4) is 0 Å². The second kappa shape index (κ2) is 7.71. The van der Waals surface area contributed by atoms with Crippen LogP contribution in [-0.4, -0.2) is 35.7 Å². The number of nitrogens with zero attached hydrogens (tertiary/aromatic N) is 1. The van der Waals surface area contributed by atoms with E-state index in [1.165, 1.54) is 0 Å². The number of carbonyl (C=O) groups is 1. The molecule has 0 saturated carbocycles. The van der Waals surface area contributed by atoms with E-state index in [0.29, 0.717) is 19.6 Å². The van der Waals surface area contributed by atoms with Gasteiger partial charge in [-0.05, 0) is 40.7 Å². The molecule has 24 heavy (non-hydrogen) atoms. The van der Waals surface area contributed by atoms with Crippen LogP contribution in [0.2, 0.25) is 0 Å². The Morgan fingerprint density at radius 2 is 2.00 bits per heavy atom. The van der Waals surface area contributed by atoms with E-state index in [4.69, 9.17) is 9.15 Å². The summed E-state index contributed by atoms with van der Waals surface area (Å²) in [5.74, 6) is 0. The van der Waals surface area contributed by atoms with Crippen molar-refractivity contribution >= 4 is 17.1 Å². The lowest BCUT2D eigenvalue weighted by atomic mass is 10.2. The zero-order chi connectivity index (χ0) is 17.7. The molecule has 0 aliphatic carbocycles. The van der Waals surface area contributed by atoms with Gasteiger partial charge in [-0.1, -0.05) is 18.2 Å². The molecule has 0 aliphatic heterocycles. The molecule has 0 bridgehead atoms. The first-order valence-corrected chi connectivity index (χ1v) is 8.43. The van der Waals surface area contributed by atoms with Gasteiger partial charge in [0.2, 0.25) is 0 Å². The van der Waals surface area contributed by atoms with Crippen molar-refractivity contribution in [3.63, 3.8) is 0 Å². The molecule has 0 radical (unpaired) electrons. The van der Waals surface area contributed by atoms with Crippen LogP contribution < -0.4 is 5.32 Å². The van der Waals surface area contributed by atoms with Gasteiger partial charge in [-0.25, -0.2) is 4.79 Å². The Morgan fingerprint density at radius 1 is 1.29 bits per heavy atom. The average molecular weight is 332 g/mol. The Bertz CT molecular complexity index is 671. The fourth-order valence-corrected chi connectivity index (χ4v) is 2.47. The number of fused-ring (bicyclic) bond motifs is 1. The van der Waals surface area contributed by atoms with E-state index in [1.54, 1.807) is 11.2 Å². The number of ether oxygens (including phenoxy) is 1. The summed E-state index contributed by atoms with van der Waals surface area (Å²) in [7, 11) is 0. The van der Waals surface area contributed by atoms with Crippen LogP contribution in [0.3, 0.4) is 0 Å². The van der Waals surface area contributed by atoms with Crippen LogP contribution in [0.4, 0.5) is 4.79 Å². The van der Waals surface area contributed by atoms with Crippen LogP contribution in [-0.2, 0) is 11.3 Å². The fourth-order valence-electron chi connectivity index (χ4n) is 2.47. The van der Waals surface area contributed by atoms with Crippen LogP contribution in [0.15, 0.2) is 34.9 Å². The maximum absolute atomic E-state index is 12.3. The van der Waals surface area contributed by atoms with Gasteiger partial charge in [0.25, 0.3) is 0 Å². The van der Waals surface area contributed by atoms with Crippen molar-refractivity contribution in [2.45, 2.75) is 52.8 Å². The van der Waals surface area contributed by atoms with E-state index < -0.39 is 5.60 Å². The molecule has 5 heteroatoms. The summed E-state index contributed by atoms with van der Waals surface area (Å²) in [4.78, 5) is 14.0. The van der Waals surface area contributed by atoms with Crippen LogP contribution >= 0.6 is 0 Å². The van der Waals surface area contributed by atoms with E-state index >= 15 is 0 Å². The van der Waals surface area contributed by atoms with Crippen molar-refractivity contribution in [1.29, 1.82) is 0 Å². The molecule has 2 aromatic rings. The van der Waals surface area contributed by atoms with Crippen molar-refractivity contribution in [2.75, 3.05) is 13.1 Å². The number of furan rings is 1. The SMILES string of the molecule is CC(C)N(CCNCc1coc2ccccc12)C(=O)OC(C)(C)C. The van der Waals surface area contributed by atoms with Crippen LogP contribution in [0.1, 0.15) is 40.2 Å². The number of nitrogens with one attached hydrogen (secondary N) is 1. The molecule has 0 fully saturated rings. The molecule has 5 nitrogen and oxygen atoms in total. The van der Waals surface area contributed by atoms with E-state index in [0.717, 1.165) is 16.5 Å². The molecule has 0 aliphatic rings. The second-order valence-corrected chi connectivity index (χ2v) is 7.20. The summed E-state index contributed by atoms with van der Waals surface area (Å²) < 4.78 is 11.0. The topological polar surface area (TPSA) is 54.7 Å². The number of benzene rings is 1. The van der Waals surface area contributed by atoms with Gasteiger partial charge in [-0.3, -0.25) is 0 Å². The van der Waals surface area contributed by atoms with Gasteiger partial charge in [-0.2, -0.15) is 0 Å². The first-order valence-electron chi connectivity index (χ1n) is 8.43. The minimum absolute atomic E-state index is 0.0939. The number of para-hydroxylation sites is 1. The number of carbonyl (C=O) groups excluding carboxylic acids is 1. The monoisotopic (exact) mass is 332 g/mol. The standard InChI is InChI=1S/C19H28N2O3/c1-14(2)21(18(22)24-19(3,4)5)11-10-20-12-15-13-23-17-9-7-6-8-16(15)17/h6-9,13-14,20H,10-12H2,1-5H3. The highest BCUT2D eigenvalue weighted by Gasteiger charge is 2.23. The summed E-state index contributed by atoms with van der Waals surface area (Å²) in [5.41, 5.74) is 1.54. The predicted octanol–water partition coefficient (Wildman–Crippen LogP) is 4.17. The maximum atomic E-state index is 12.3. The van der Waals surface area contributed by atoms with Gasteiger partial charge in [0.15, 0.2) is 0 Å². The summed E-state index contributed by atoms with van der Waals surface area (Å²) in [5, 5.41) is 4.50. The molecule has 1 N–H and O–H groups in total. The quantitative estimate of drug-likeness (QED) is 0.807. The Kier molecular flexibility index (Phi) is 5.89. The molecule has 1 aromatic heterocycles. The molecule has 2 rings (SSSR count). The molecular weight excluding hydrogens is 304 g/mol. The Labute approximate surface area is 144 Å². The Hall–Kier alpha value is -2.01. The van der Waals surface area contributed by atoms with E-state index in [1.807, 2.05) is 52.8 Å². The second-order valence-electron chi connectivity index (χ2n) is 7.20. The van der Waals surface area contributed by atoms with Crippen LogP contribution in [0.25, 0.3) is 11.0 Å². The van der Waals surface area contributed by atoms with Crippen molar-refractivity contribution in [2.24, 2.45) is 0 Å². The third-order valence-corrected chi connectivity index (χ3v) is 3.66. The van der Waals surface area contributed by atoms with Crippen LogP contribution in [0, 0.1) is 0 Å². The normalized spacial score (nSPS) is 11.9. The minimum Gasteiger partial charge on any atom is -0.464 e. The fraction of sp³-hybridized carbons (Fsp3) is 0.526. The van der Waals surface area contributed by atoms with Crippen molar-refractivity contribution in [1.82, 2.24) is 10.2 Å². The zero-order valence-corrected chi connectivity index (χ0v) is 15.3. The van der Waals surface area contributed by atoms with E-state index in [9.17, 15) is 4.79 Å². The third-order valence-electron chi connectivity index (χ3n) is 3.66. The third kappa shape index (κ3) is 4.99. The highest BCUT2D eigenvalue weighted by Crippen LogP contribution is 2.20. The molecule has 1 amide bonds. The van der Waals surface area contributed by atoms with Gasteiger partial charge in [0.05, 0.1) is 6.26 Å². The summed E-state index contributed by atoms with van der Waals surface area (Å²) >= 11 is 0. The highest BCUT2D eigenvalue weighted by molar-refractivity contribution is 5.80. The van der Waals surface area contributed by atoms with E-state index in [2.05, 4.69) is 11.4 Å². The predicted molar refractivity (Wildman–Crippen MR) is 96.0 cm³/mol. The van der Waals surface area contributed by atoms with Gasteiger partial charge in [-0.15, -0.1) is 0 Å². The first kappa shape index (κ1) is 18.3. The number of amides is 1. The molecule has 0 atom stereocenters. The number of rotatable bonds is 6. The Morgan fingerprint density at radius 3 is 2.67 bits per heavy atom. The molecule has 1 heterocycles. The molecule has 132 valence electrons. The lowest BCUT2D eigenvalue weighted by molar-refractivity contribution is 0.0193. The number of hydrogen-bond acceptors (Lipinski definition) is 4. The lowest BCUT2D eigenvalue weighted by Gasteiger charge is -2.30. The molecule has 0 spiro atoms. The maximum Gasteiger partial charge on any atom is 0.410 e. The summed E-state index contributed by atoms with van der Waals surface area (Å²) in [6, 6.07) is 8.07. The first-order chi connectivity index (χ1) is 11.3. The highest BCUT2D eigenvalue weighted by atomic mass is 16.6. The van der Waals surface area contributed by atoms with E-state index in [-0.39, 0.29) is 12.1 Å². The van der Waals surface area contributed by atoms with Gasteiger partial charge >= 0.3 is 6.09 Å². The van der Waals surface area contributed by atoms with Gasteiger partial charge < -0.3 is 19.4 Å². The molecule has 1 aromatic carbocycles. The van der Waals surface area contributed by atoms with Crippen molar-refractivity contribution in [3.05, 3.63) is 36.1 Å². The van der Waals surface area contributed by atoms with Gasteiger partial charge in [0.1, 0.15) is 11.2 Å². The average Bonchev–Trinajstić information content (AvgIpc) is 2.88. The minimum atomic E-state index is -0.479. The van der Waals surface area contributed by atoms with Crippen LogP contribution in [0.5, 0.6) is 0 Å². The molecular formula is C19H28N2O3. The molecule has 0 saturated heterocycles. The Balaban J connectivity index is 1.86. The zero-order valence-electron chi connectivity index (χ0n) is 15.3. The summed E-state index contributed by atoms with van der Waals surface area (Å²) in [6.45, 7) is 11.6. The molecule has 0 unspecified atom stereocenters. The summed E-state index contributed by atoms with van der Waals surface area (Å²) in [6.07, 6.45) is 1.51. The number of hydrogen-bond donors (Lipinski definition) is 1.